The van der Waals surface area contributed by atoms with Crippen molar-refractivity contribution in [2.75, 3.05) is 37.4 Å². The lowest BCUT2D eigenvalue weighted by molar-refractivity contribution is 0.102. The number of primary sulfonamides is 1. The molecule has 0 aliphatic carbocycles. The number of carbonyl (C=O) groups excluding carboxylic acids is 1. The third-order valence-corrected chi connectivity index (χ3v) is 7.78. The van der Waals surface area contributed by atoms with Gasteiger partial charge in [-0.25, -0.2) is 13.6 Å². The summed E-state index contributed by atoms with van der Waals surface area (Å²) in [5, 5.41) is 11.9. The molecule has 9 heteroatoms. The van der Waals surface area contributed by atoms with E-state index in [0.717, 1.165) is 54.9 Å². The van der Waals surface area contributed by atoms with Gasteiger partial charge in [0.25, 0.3) is 5.91 Å². The molecular formula is C28H34N4O4S. The second kappa shape index (κ2) is 11.3. The molecule has 0 spiro atoms. The smallest absolute Gasteiger partial charge is 0.255 e. The number of hydrogen-bond acceptors (Lipinski definition) is 6. The maximum Gasteiger partial charge on any atom is 0.255 e. The average molecular weight is 523 g/mol. The van der Waals surface area contributed by atoms with Crippen LogP contribution in [0.15, 0.2) is 65.6 Å². The van der Waals surface area contributed by atoms with Crippen molar-refractivity contribution in [3.8, 4) is 16.9 Å². The number of nitrogens with zero attached hydrogens (tertiary/aromatic N) is 1. The lowest BCUT2D eigenvalue weighted by Gasteiger charge is -2.32. The van der Waals surface area contributed by atoms with Crippen molar-refractivity contribution in [3.05, 3.63) is 71.8 Å². The number of likely N-dealkylation sites (tertiary alicyclic amines) is 1. The number of piperidine rings is 1. The van der Waals surface area contributed by atoms with Crippen LogP contribution in [0.4, 0.5) is 11.4 Å². The van der Waals surface area contributed by atoms with Gasteiger partial charge in [-0.1, -0.05) is 31.2 Å². The number of benzene rings is 3. The fourth-order valence-corrected chi connectivity index (χ4v) is 5.43. The Balaban J connectivity index is 1.51. The van der Waals surface area contributed by atoms with Gasteiger partial charge in [0, 0.05) is 41.6 Å². The Morgan fingerprint density at radius 2 is 1.78 bits per heavy atom. The summed E-state index contributed by atoms with van der Waals surface area (Å²) in [6.45, 7) is 7.55. The van der Waals surface area contributed by atoms with Crippen LogP contribution in [0.3, 0.4) is 0 Å². The number of ether oxygens (including phenoxy) is 1. The molecule has 1 aliphatic rings. The van der Waals surface area contributed by atoms with E-state index in [1.165, 1.54) is 25.3 Å². The molecule has 1 fully saturated rings. The molecule has 0 unspecified atom stereocenters. The molecule has 4 N–H and O–H groups in total. The Bertz CT molecular complexity index is 1380. The van der Waals surface area contributed by atoms with Crippen molar-refractivity contribution >= 4 is 27.3 Å². The van der Waals surface area contributed by atoms with Crippen molar-refractivity contribution < 1.29 is 17.9 Å². The van der Waals surface area contributed by atoms with Crippen molar-refractivity contribution in [3.63, 3.8) is 0 Å². The number of aryl methyl sites for hydroxylation is 1. The quantitative estimate of drug-likeness (QED) is 0.402. The normalized spacial score (nSPS) is 14.8. The van der Waals surface area contributed by atoms with Crippen LogP contribution in [-0.2, 0) is 10.0 Å². The van der Waals surface area contributed by atoms with E-state index in [4.69, 9.17) is 9.88 Å². The Morgan fingerprint density at radius 1 is 1.05 bits per heavy atom. The first-order valence-electron chi connectivity index (χ1n) is 12.4. The van der Waals surface area contributed by atoms with Crippen LogP contribution in [0.2, 0.25) is 0 Å². The molecule has 0 saturated carbocycles. The lowest BCUT2D eigenvalue weighted by Crippen LogP contribution is -2.38. The summed E-state index contributed by atoms with van der Waals surface area (Å²) in [6, 6.07) is 18.6. The van der Waals surface area contributed by atoms with Crippen LogP contribution in [-0.4, -0.2) is 52.0 Å². The van der Waals surface area contributed by atoms with Crippen molar-refractivity contribution in [1.29, 1.82) is 0 Å². The summed E-state index contributed by atoms with van der Waals surface area (Å²) in [6.07, 6.45) is 2.24. The largest absolute Gasteiger partial charge is 0.495 e. The van der Waals surface area contributed by atoms with Gasteiger partial charge in [-0.05, 0) is 73.8 Å². The number of para-hydroxylation sites is 1. The van der Waals surface area contributed by atoms with Gasteiger partial charge in [0.15, 0.2) is 0 Å². The second-order valence-corrected chi connectivity index (χ2v) is 10.8. The van der Waals surface area contributed by atoms with Crippen molar-refractivity contribution in [2.24, 2.45) is 5.14 Å². The van der Waals surface area contributed by atoms with Gasteiger partial charge < -0.3 is 20.3 Å². The highest BCUT2D eigenvalue weighted by Gasteiger charge is 2.20. The van der Waals surface area contributed by atoms with Gasteiger partial charge in [0.05, 0.1) is 7.11 Å². The Morgan fingerprint density at radius 3 is 2.43 bits per heavy atom. The van der Waals surface area contributed by atoms with Gasteiger partial charge in [-0.15, -0.1) is 0 Å². The van der Waals surface area contributed by atoms with E-state index in [0.29, 0.717) is 11.7 Å². The van der Waals surface area contributed by atoms with Crippen LogP contribution in [0, 0.1) is 6.92 Å². The SMILES string of the molecule is CCN1CCC(Nc2ccccc2-c2ccc(NC(=O)c3ccc(S(N)(=O)=O)c(OC)c3)cc2C)CC1. The van der Waals surface area contributed by atoms with E-state index in [9.17, 15) is 13.2 Å². The zero-order valence-electron chi connectivity index (χ0n) is 21.5. The third-order valence-electron chi connectivity index (χ3n) is 6.83. The summed E-state index contributed by atoms with van der Waals surface area (Å²) in [7, 11) is -2.64. The minimum Gasteiger partial charge on any atom is -0.495 e. The first-order valence-corrected chi connectivity index (χ1v) is 14.0. The number of methoxy groups -OCH3 is 1. The van der Waals surface area contributed by atoms with Crippen LogP contribution in [0.1, 0.15) is 35.7 Å². The Kier molecular flexibility index (Phi) is 8.16. The highest BCUT2D eigenvalue weighted by molar-refractivity contribution is 7.89. The number of carbonyl (C=O) groups is 1. The molecule has 0 bridgehead atoms. The number of hydrogen-bond donors (Lipinski definition) is 3. The molecule has 3 aromatic carbocycles. The van der Waals surface area contributed by atoms with E-state index in [1.54, 1.807) is 0 Å². The zero-order valence-corrected chi connectivity index (χ0v) is 22.3. The number of rotatable bonds is 8. The Hall–Kier alpha value is -3.40. The number of sulfonamides is 1. The minimum absolute atomic E-state index is 0.0196. The number of anilines is 2. The molecule has 4 rings (SSSR count). The van der Waals surface area contributed by atoms with Crippen LogP contribution in [0.25, 0.3) is 11.1 Å². The topological polar surface area (TPSA) is 114 Å². The van der Waals surface area contributed by atoms with Crippen molar-refractivity contribution in [1.82, 2.24) is 4.90 Å². The lowest BCUT2D eigenvalue weighted by atomic mass is 9.97. The fraction of sp³-hybridized carbons (Fsp3) is 0.321. The van der Waals surface area contributed by atoms with Gasteiger partial charge >= 0.3 is 0 Å². The third kappa shape index (κ3) is 6.30. The molecule has 1 saturated heterocycles. The molecule has 196 valence electrons. The monoisotopic (exact) mass is 522 g/mol. The number of amides is 1. The summed E-state index contributed by atoms with van der Waals surface area (Å²) < 4.78 is 28.6. The fourth-order valence-electron chi connectivity index (χ4n) is 4.75. The molecule has 0 aromatic heterocycles. The molecule has 1 amide bonds. The molecule has 37 heavy (non-hydrogen) atoms. The van der Waals surface area contributed by atoms with E-state index in [1.807, 2.05) is 37.3 Å². The van der Waals surface area contributed by atoms with Gasteiger partial charge in [0.1, 0.15) is 10.6 Å². The summed E-state index contributed by atoms with van der Waals surface area (Å²) >= 11 is 0. The maximum absolute atomic E-state index is 12.9. The predicted octanol–water partition coefficient (Wildman–Crippen LogP) is 4.47. The summed E-state index contributed by atoms with van der Waals surface area (Å²) in [5.41, 5.74) is 5.24. The van der Waals surface area contributed by atoms with E-state index in [-0.39, 0.29) is 22.1 Å². The molecule has 8 nitrogen and oxygen atoms in total. The van der Waals surface area contributed by atoms with E-state index >= 15 is 0 Å². The van der Waals surface area contributed by atoms with Gasteiger partial charge in [0.2, 0.25) is 10.0 Å². The zero-order chi connectivity index (χ0) is 26.6. The number of nitrogens with one attached hydrogen (secondary N) is 2. The minimum atomic E-state index is -3.96. The standard InChI is InChI=1S/C28H34N4O4S/c1-4-32-15-13-21(14-16-32)30-25-8-6-5-7-24(25)23-11-10-22(17-19(23)2)31-28(33)20-9-12-27(37(29,34)35)26(18-20)36-3/h5-12,17-18,21,30H,4,13-16H2,1-3H3,(H,31,33)(H2,29,34,35). The highest BCUT2D eigenvalue weighted by atomic mass is 32.2. The molecule has 0 radical (unpaired) electrons. The number of nitrogens with two attached hydrogens (primary N) is 1. The van der Waals surface area contributed by atoms with Crippen LogP contribution >= 0.6 is 0 Å². The maximum atomic E-state index is 12.9. The highest BCUT2D eigenvalue weighted by Crippen LogP contribution is 2.33. The molecule has 3 aromatic rings. The van der Waals surface area contributed by atoms with E-state index < -0.39 is 10.0 Å². The first kappa shape index (κ1) is 26.7. The predicted molar refractivity (Wildman–Crippen MR) is 148 cm³/mol. The molecule has 1 aliphatic heterocycles. The summed E-state index contributed by atoms with van der Waals surface area (Å²) in [4.78, 5) is 15.2. The van der Waals surface area contributed by atoms with Crippen molar-refractivity contribution in [2.45, 2.75) is 37.6 Å². The van der Waals surface area contributed by atoms with Gasteiger partial charge in [-0.3, -0.25) is 4.79 Å². The second-order valence-electron chi connectivity index (χ2n) is 9.29. The molecule has 1 heterocycles. The molecule has 0 atom stereocenters. The van der Waals surface area contributed by atoms with E-state index in [2.05, 4.69) is 34.6 Å². The van der Waals surface area contributed by atoms with Gasteiger partial charge in [-0.2, -0.15) is 0 Å². The molecular weight excluding hydrogens is 488 g/mol. The van der Waals surface area contributed by atoms with Crippen LogP contribution < -0.4 is 20.5 Å². The Labute approximate surface area is 218 Å². The summed E-state index contributed by atoms with van der Waals surface area (Å²) in [5.74, 6) is -0.363. The first-order chi connectivity index (χ1) is 17.7. The average Bonchev–Trinajstić information content (AvgIpc) is 2.89. The van der Waals surface area contributed by atoms with Crippen LogP contribution in [0.5, 0.6) is 5.75 Å².